The summed E-state index contributed by atoms with van der Waals surface area (Å²) in [4.78, 5) is 25.8. The Morgan fingerprint density at radius 2 is 2.08 bits per heavy atom. The van der Waals surface area contributed by atoms with Crippen LogP contribution < -0.4 is 10.2 Å². The van der Waals surface area contributed by atoms with Crippen LogP contribution in [0.3, 0.4) is 0 Å². The summed E-state index contributed by atoms with van der Waals surface area (Å²) >= 11 is 0. The fourth-order valence-electron chi connectivity index (χ4n) is 3.45. The number of piperazine rings is 1. The molecule has 1 aromatic rings. The molecule has 6 heteroatoms. The van der Waals surface area contributed by atoms with Gasteiger partial charge in [-0.15, -0.1) is 0 Å². The molecule has 1 N–H and O–H groups in total. The van der Waals surface area contributed by atoms with Gasteiger partial charge in [0.1, 0.15) is 5.69 Å². The third-order valence-electron chi connectivity index (χ3n) is 5.09. The van der Waals surface area contributed by atoms with Gasteiger partial charge < -0.3 is 15.1 Å². The SMILES string of the molecule is CCN1CCN(c2nccc(C(=O)NCCC3=CCCCC3)n2)CC1. The fraction of sp³-hybridized carbons (Fsp3) is 0.632. The van der Waals surface area contributed by atoms with E-state index in [9.17, 15) is 4.79 Å². The molecule has 6 nitrogen and oxygen atoms in total. The molecule has 2 heterocycles. The Balaban J connectivity index is 1.52. The molecule has 3 rings (SSSR count). The van der Waals surface area contributed by atoms with Crippen molar-refractivity contribution in [3.63, 3.8) is 0 Å². The summed E-state index contributed by atoms with van der Waals surface area (Å²) in [6.07, 6.45) is 9.90. The Morgan fingerprint density at radius 3 is 2.80 bits per heavy atom. The number of nitrogens with one attached hydrogen (secondary N) is 1. The van der Waals surface area contributed by atoms with E-state index in [1.807, 2.05) is 0 Å². The molecule has 0 bridgehead atoms. The van der Waals surface area contributed by atoms with Crippen LogP contribution in [0.2, 0.25) is 0 Å². The summed E-state index contributed by atoms with van der Waals surface area (Å²) in [7, 11) is 0. The number of amides is 1. The van der Waals surface area contributed by atoms with Crippen LogP contribution in [0.4, 0.5) is 5.95 Å². The highest BCUT2D eigenvalue weighted by Crippen LogP contribution is 2.19. The first kappa shape index (κ1) is 17.9. The minimum Gasteiger partial charge on any atom is -0.350 e. The molecule has 2 aliphatic rings. The fourth-order valence-corrected chi connectivity index (χ4v) is 3.45. The Hall–Kier alpha value is -1.95. The molecular weight excluding hydrogens is 314 g/mol. The van der Waals surface area contributed by atoms with Gasteiger partial charge in [-0.25, -0.2) is 9.97 Å². The molecule has 1 amide bonds. The van der Waals surface area contributed by atoms with Crippen LogP contribution in [0.5, 0.6) is 0 Å². The highest BCUT2D eigenvalue weighted by atomic mass is 16.1. The van der Waals surface area contributed by atoms with Crippen LogP contribution in [0.15, 0.2) is 23.9 Å². The van der Waals surface area contributed by atoms with Gasteiger partial charge in [0, 0.05) is 38.9 Å². The van der Waals surface area contributed by atoms with Gasteiger partial charge in [-0.2, -0.15) is 0 Å². The molecule has 0 unspecified atom stereocenters. The van der Waals surface area contributed by atoms with E-state index in [-0.39, 0.29) is 5.91 Å². The molecule has 136 valence electrons. The summed E-state index contributed by atoms with van der Waals surface area (Å²) in [6.45, 7) is 7.80. The number of carbonyl (C=O) groups excluding carboxylic acids is 1. The number of likely N-dealkylation sites (N-methyl/N-ethyl adjacent to an activating group) is 1. The molecule has 1 fully saturated rings. The van der Waals surface area contributed by atoms with Crippen molar-refractivity contribution in [1.29, 1.82) is 0 Å². The van der Waals surface area contributed by atoms with Crippen LogP contribution in [-0.4, -0.2) is 60.0 Å². The van der Waals surface area contributed by atoms with E-state index in [1.54, 1.807) is 12.3 Å². The normalized spacial score (nSPS) is 18.8. The summed E-state index contributed by atoms with van der Waals surface area (Å²) < 4.78 is 0. The van der Waals surface area contributed by atoms with Gasteiger partial charge in [0.05, 0.1) is 0 Å². The Kier molecular flexibility index (Phi) is 6.39. The maximum atomic E-state index is 12.4. The van der Waals surface area contributed by atoms with Gasteiger partial charge in [0.2, 0.25) is 5.95 Å². The summed E-state index contributed by atoms with van der Waals surface area (Å²) in [5.41, 5.74) is 1.93. The van der Waals surface area contributed by atoms with E-state index in [2.05, 4.69) is 38.1 Å². The van der Waals surface area contributed by atoms with Crippen LogP contribution in [-0.2, 0) is 0 Å². The van der Waals surface area contributed by atoms with E-state index in [4.69, 9.17) is 0 Å². The van der Waals surface area contributed by atoms with Crippen molar-refractivity contribution in [2.45, 2.75) is 39.0 Å². The highest BCUT2D eigenvalue weighted by Gasteiger charge is 2.19. The number of carbonyl (C=O) groups is 1. The molecule has 0 radical (unpaired) electrons. The van der Waals surface area contributed by atoms with Gasteiger partial charge in [0.25, 0.3) is 5.91 Å². The lowest BCUT2D eigenvalue weighted by molar-refractivity contribution is 0.0949. The van der Waals surface area contributed by atoms with Gasteiger partial charge in [0.15, 0.2) is 0 Å². The van der Waals surface area contributed by atoms with Crippen LogP contribution in [0.25, 0.3) is 0 Å². The quantitative estimate of drug-likeness (QED) is 0.803. The first-order chi connectivity index (χ1) is 12.3. The van der Waals surface area contributed by atoms with Crippen molar-refractivity contribution >= 4 is 11.9 Å². The van der Waals surface area contributed by atoms with E-state index < -0.39 is 0 Å². The van der Waals surface area contributed by atoms with Crippen molar-refractivity contribution < 1.29 is 4.79 Å². The first-order valence-electron chi connectivity index (χ1n) is 9.52. The molecule has 1 aliphatic carbocycles. The standard InChI is InChI=1S/C19H29N5O/c1-2-23-12-14-24(15-13-23)19-21-11-9-17(22-19)18(25)20-10-8-16-6-4-3-5-7-16/h6,9,11H,2-5,7-8,10,12-15H2,1H3,(H,20,25). The predicted molar refractivity (Wildman–Crippen MR) is 99.9 cm³/mol. The summed E-state index contributed by atoms with van der Waals surface area (Å²) in [5, 5.41) is 3.00. The molecular formula is C19H29N5O. The minimum atomic E-state index is -0.104. The molecule has 0 atom stereocenters. The van der Waals surface area contributed by atoms with E-state index >= 15 is 0 Å². The molecule has 0 saturated carbocycles. The van der Waals surface area contributed by atoms with Gasteiger partial charge >= 0.3 is 0 Å². The van der Waals surface area contributed by atoms with Crippen molar-refractivity contribution in [2.24, 2.45) is 0 Å². The Labute approximate surface area is 150 Å². The molecule has 1 saturated heterocycles. The number of anilines is 1. The molecule has 0 spiro atoms. The second-order valence-corrected chi connectivity index (χ2v) is 6.78. The van der Waals surface area contributed by atoms with Crippen LogP contribution in [0, 0.1) is 0 Å². The number of hydrogen-bond donors (Lipinski definition) is 1. The summed E-state index contributed by atoms with van der Waals surface area (Å²) in [6, 6.07) is 1.70. The smallest absolute Gasteiger partial charge is 0.270 e. The monoisotopic (exact) mass is 343 g/mol. The largest absolute Gasteiger partial charge is 0.350 e. The Bertz CT molecular complexity index is 608. The third kappa shape index (κ3) is 5.01. The number of aromatic nitrogens is 2. The third-order valence-corrected chi connectivity index (χ3v) is 5.09. The topological polar surface area (TPSA) is 61.4 Å². The minimum absolute atomic E-state index is 0.104. The van der Waals surface area contributed by atoms with Gasteiger partial charge in [-0.05, 0) is 44.7 Å². The van der Waals surface area contributed by atoms with Gasteiger partial charge in [-0.1, -0.05) is 18.6 Å². The van der Waals surface area contributed by atoms with E-state index in [1.165, 1.54) is 31.3 Å². The van der Waals surface area contributed by atoms with Crippen molar-refractivity contribution in [3.8, 4) is 0 Å². The van der Waals surface area contributed by atoms with Crippen molar-refractivity contribution in [1.82, 2.24) is 20.2 Å². The van der Waals surface area contributed by atoms with E-state index in [0.29, 0.717) is 18.2 Å². The summed E-state index contributed by atoms with van der Waals surface area (Å²) in [5.74, 6) is 0.561. The Morgan fingerprint density at radius 1 is 1.24 bits per heavy atom. The molecule has 1 aromatic heterocycles. The number of rotatable bonds is 6. The lowest BCUT2D eigenvalue weighted by Crippen LogP contribution is -2.46. The molecule has 0 aromatic carbocycles. The lowest BCUT2D eigenvalue weighted by Gasteiger charge is -2.34. The van der Waals surface area contributed by atoms with Crippen LogP contribution in [0.1, 0.15) is 49.5 Å². The number of hydrogen-bond acceptors (Lipinski definition) is 5. The van der Waals surface area contributed by atoms with Crippen LogP contribution >= 0.6 is 0 Å². The zero-order valence-electron chi connectivity index (χ0n) is 15.2. The van der Waals surface area contributed by atoms with Gasteiger partial charge in [-0.3, -0.25) is 4.79 Å². The van der Waals surface area contributed by atoms with Crippen molar-refractivity contribution in [3.05, 3.63) is 29.6 Å². The second-order valence-electron chi connectivity index (χ2n) is 6.78. The molecule has 25 heavy (non-hydrogen) atoms. The zero-order chi connectivity index (χ0) is 17.5. The maximum absolute atomic E-state index is 12.4. The lowest BCUT2D eigenvalue weighted by atomic mass is 9.97. The number of allylic oxidation sites excluding steroid dienone is 1. The zero-order valence-corrected chi connectivity index (χ0v) is 15.2. The first-order valence-corrected chi connectivity index (χ1v) is 9.52. The highest BCUT2D eigenvalue weighted by molar-refractivity contribution is 5.92. The number of nitrogens with zero attached hydrogens (tertiary/aromatic N) is 4. The predicted octanol–water partition coefficient (Wildman–Crippen LogP) is 2.24. The maximum Gasteiger partial charge on any atom is 0.270 e. The van der Waals surface area contributed by atoms with E-state index in [0.717, 1.165) is 39.1 Å². The second kappa shape index (κ2) is 8.94. The molecule has 1 aliphatic heterocycles. The average molecular weight is 343 g/mol. The van der Waals surface area contributed by atoms with Crippen molar-refractivity contribution in [2.75, 3.05) is 44.2 Å². The average Bonchev–Trinajstić information content (AvgIpc) is 2.69.